The second-order valence-electron chi connectivity index (χ2n) is 5.74. The van der Waals surface area contributed by atoms with Gasteiger partial charge >= 0.3 is 0 Å². The molecule has 0 spiro atoms. The molecule has 5 nitrogen and oxygen atoms in total. The van der Waals surface area contributed by atoms with Crippen LogP contribution < -0.4 is 4.72 Å². The van der Waals surface area contributed by atoms with Crippen LogP contribution in [0, 0.1) is 13.8 Å². The van der Waals surface area contributed by atoms with Gasteiger partial charge in [0.2, 0.25) is 10.0 Å². The van der Waals surface area contributed by atoms with E-state index in [1.165, 1.54) is 0 Å². The van der Waals surface area contributed by atoms with Crippen molar-refractivity contribution in [3.8, 4) is 0 Å². The minimum absolute atomic E-state index is 0.0152. The first-order valence-electron chi connectivity index (χ1n) is 7.39. The molecule has 3 rings (SSSR count). The molecule has 0 saturated carbocycles. The highest BCUT2D eigenvalue weighted by molar-refractivity contribution is 7.88. The number of rotatable bonds is 5. The van der Waals surface area contributed by atoms with Crippen LogP contribution >= 0.6 is 0 Å². The van der Waals surface area contributed by atoms with Crippen LogP contribution in [-0.2, 0) is 22.3 Å². The number of nitrogens with one attached hydrogen (secondary N) is 2. The van der Waals surface area contributed by atoms with Crippen LogP contribution in [0.15, 0.2) is 42.5 Å². The van der Waals surface area contributed by atoms with Gasteiger partial charge in [-0.05, 0) is 37.1 Å². The molecule has 0 amide bonds. The summed E-state index contributed by atoms with van der Waals surface area (Å²) in [5.74, 6) is 0.829. The molecule has 0 atom stereocenters. The van der Waals surface area contributed by atoms with Crippen molar-refractivity contribution in [3.63, 3.8) is 0 Å². The minimum Gasteiger partial charge on any atom is -0.342 e. The molecule has 3 aromatic rings. The van der Waals surface area contributed by atoms with E-state index in [9.17, 15) is 8.42 Å². The van der Waals surface area contributed by atoms with Crippen LogP contribution in [-0.4, -0.2) is 18.4 Å². The molecular formula is C17H19N3O2S. The van der Waals surface area contributed by atoms with Crippen LogP contribution in [0.4, 0.5) is 0 Å². The molecule has 1 heterocycles. The SMILES string of the molecule is Cc1ccc(CS(=O)(=O)NCc2ccc3nc(C)[nH]c3c2)cc1. The Morgan fingerprint density at radius 3 is 2.48 bits per heavy atom. The maximum atomic E-state index is 12.2. The average molecular weight is 329 g/mol. The molecule has 2 aromatic carbocycles. The molecule has 0 bridgehead atoms. The smallest absolute Gasteiger partial charge is 0.216 e. The van der Waals surface area contributed by atoms with E-state index in [1.54, 1.807) is 0 Å². The number of fused-ring (bicyclic) bond motifs is 1. The summed E-state index contributed by atoms with van der Waals surface area (Å²) in [6.45, 7) is 4.13. The predicted octanol–water partition coefficient (Wildman–Crippen LogP) is 2.80. The van der Waals surface area contributed by atoms with E-state index >= 15 is 0 Å². The van der Waals surface area contributed by atoms with Crippen molar-refractivity contribution in [2.45, 2.75) is 26.1 Å². The van der Waals surface area contributed by atoms with E-state index in [2.05, 4.69) is 14.7 Å². The zero-order chi connectivity index (χ0) is 16.4. The lowest BCUT2D eigenvalue weighted by atomic mass is 10.2. The molecule has 6 heteroatoms. The molecule has 0 fully saturated rings. The molecule has 23 heavy (non-hydrogen) atoms. The highest BCUT2D eigenvalue weighted by atomic mass is 32.2. The van der Waals surface area contributed by atoms with E-state index in [0.717, 1.165) is 33.5 Å². The zero-order valence-corrected chi connectivity index (χ0v) is 13.9. The summed E-state index contributed by atoms with van der Waals surface area (Å²) < 4.78 is 27.0. The Balaban J connectivity index is 1.68. The van der Waals surface area contributed by atoms with Gasteiger partial charge in [0.25, 0.3) is 0 Å². The number of imidazole rings is 1. The van der Waals surface area contributed by atoms with Crippen LogP contribution in [0.25, 0.3) is 11.0 Å². The first-order valence-corrected chi connectivity index (χ1v) is 9.05. The number of hydrogen-bond acceptors (Lipinski definition) is 3. The third kappa shape index (κ3) is 3.97. The third-order valence-electron chi connectivity index (χ3n) is 3.64. The normalized spacial score (nSPS) is 11.9. The second kappa shape index (κ2) is 6.14. The van der Waals surface area contributed by atoms with Crippen LogP contribution in [0.2, 0.25) is 0 Å². The maximum absolute atomic E-state index is 12.2. The van der Waals surface area contributed by atoms with Gasteiger partial charge in [-0.2, -0.15) is 0 Å². The van der Waals surface area contributed by atoms with Gasteiger partial charge in [-0.25, -0.2) is 18.1 Å². The van der Waals surface area contributed by atoms with Gasteiger partial charge in [-0.3, -0.25) is 0 Å². The zero-order valence-electron chi connectivity index (χ0n) is 13.1. The van der Waals surface area contributed by atoms with Gasteiger partial charge in [-0.15, -0.1) is 0 Å². The molecule has 120 valence electrons. The highest BCUT2D eigenvalue weighted by Crippen LogP contribution is 2.14. The van der Waals surface area contributed by atoms with E-state index in [-0.39, 0.29) is 12.3 Å². The number of aromatic amines is 1. The largest absolute Gasteiger partial charge is 0.342 e. The molecule has 0 aliphatic rings. The number of sulfonamides is 1. The van der Waals surface area contributed by atoms with Crippen molar-refractivity contribution in [1.82, 2.24) is 14.7 Å². The summed E-state index contributed by atoms with van der Waals surface area (Å²) in [6.07, 6.45) is 0. The summed E-state index contributed by atoms with van der Waals surface area (Å²) in [5.41, 5.74) is 4.59. The summed E-state index contributed by atoms with van der Waals surface area (Å²) in [5, 5.41) is 0. The van der Waals surface area contributed by atoms with Crippen molar-refractivity contribution in [3.05, 3.63) is 65.0 Å². The third-order valence-corrected chi connectivity index (χ3v) is 4.94. The van der Waals surface area contributed by atoms with Gasteiger partial charge in [0.05, 0.1) is 16.8 Å². The number of aromatic nitrogens is 2. The quantitative estimate of drug-likeness (QED) is 0.756. The van der Waals surface area contributed by atoms with Crippen molar-refractivity contribution < 1.29 is 8.42 Å². The number of benzene rings is 2. The van der Waals surface area contributed by atoms with Gasteiger partial charge in [-0.1, -0.05) is 35.9 Å². The number of H-pyrrole nitrogens is 1. The molecule has 0 radical (unpaired) electrons. The van der Waals surface area contributed by atoms with Crippen LogP contribution in [0.1, 0.15) is 22.5 Å². The number of nitrogens with zero attached hydrogens (tertiary/aromatic N) is 1. The lowest BCUT2D eigenvalue weighted by Gasteiger charge is -2.07. The highest BCUT2D eigenvalue weighted by Gasteiger charge is 2.11. The standard InChI is InChI=1S/C17H19N3O2S/c1-12-3-5-14(6-4-12)11-23(21,22)18-10-15-7-8-16-17(9-15)20-13(2)19-16/h3-9,18H,10-11H2,1-2H3,(H,19,20). The molecule has 0 saturated heterocycles. The molecule has 2 N–H and O–H groups in total. The fourth-order valence-electron chi connectivity index (χ4n) is 2.44. The van der Waals surface area contributed by atoms with E-state index in [0.29, 0.717) is 0 Å². The van der Waals surface area contributed by atoms with Crippen molar-refractivity contribution in [2.75, 3.05) is 0 Å². The predicted molar refractivity (Wildman–Crippen MR) is 91.5 cm³/mol. The second-order valence-corrected chi connectivity index (χ2v) is 7.55. The Bertz CT molecular complexity index is 928. The van der Waals surface area contributed by atoms with E-state index < -0.39 is 10.0 Å². The summed E-state index contributed by atoms with van der Waals surface area (Å²) in [6, 6.07) is 13.2. The first-order chi connectivity index (χ1) is 10.9. The maximum Gasteiger partial charge on any atom is 0.216 e. The van der Waals surface area contributed by atoms with Crippen molar-refractivity contribution in [2.24, 2.45) is 0 Å². The monoisotopic (exact) mass is 329 g/mol. The number of aryl methyl sites for hydroxylation is 2. The van der Waals surface area contributed by atoms with E-state index in [1.807, 2.05) is 56.3 Å². The Labute approximate surface area is 135 Å². The number of hydrogen-bond donors (Lipinski definition) is 2. The van der Waals surface area contributed by atoms with Crippen molar-refractivity contribution in [1.29, 1.82) is 0 Å². The lowest BCUT2D eigenvalue weighted by Crippen LogP contribution is -2.24. The lowest BCUT2D eigenvalue weighted by molar-refractivity contribution is 0.580. The molecule has 1 aromatic heterocycles. The Morgan fingerprint density at radius 1 is 1.04 bits per heavy atom. The molecular weight excluding hydrogens is 310 g/mol. The Hall–Kier alpha value is -2.18. The topological polar surface area (TPSA) is 74.8 Å². The summed E-state index contributed by atoms with van der Waals surface area (Å²) >= 11 is 0. The first kappa shape index (κ1) is 15.7. The Morgan fingerprint density at radius 2 is 1.74 bits per heavy atom. The fraction of sp³-hybridized carbons (Fsp3) is 0.235. The van der Waals surface area contributed by atoms with Gasteiger partial charge in [0, 0.05) is 6.54 Å². The Kier molecular flexibility index (Phi) is 4.19. The fourth-order valence-corrected chi connectivity index (χ4v) is 3.56. The van der Waals surface area contributed by atoms with Gasteiger partial charge in [0.15, 0.2) is 0 Å². The van der Waals surface area contributed by atoms with Gasteiger partial charge in [0.1, 0.15) is 5.82 Å². The summed E-state index contributed by atoms with van der Waals surface area (Å²) in [7, 11) is -3.37. The minimum atomic E-state index is -3.37. The molecule has 0 aliphatic carbocycles. The molecule has 0 aliphatic heterocycles. The average Bonchev–Trinajstić information content (AvgIpc) is 2.87. The van der Waals surface area contributed by atoms with Crippen LogP contribution in [0.3, 0.4) is 0 Å². The summed E-state index contributed by atoms with van der Waals surface area (Å²) in [4.78, 5) is 7.48. The molecule has 0 unspecified atom stereocenters. The van der Waals surface area contributed by atoms with E-state index in [4.69, 9.17) is 0 Å². The van der Waals surface area contributed by atoms with Crippen molar-refractivity contribution >= 4 is 21.1 Å². The van der Waals surface area contributed by atoms with Crippen LogP contribution in [0.5, 0.6) is 0 Å². The van der Waals surface area contributed by atoms with Gasteiger partial charge < -0.3 is 4.98 Å².